The zero-order chi connectivity index (χ0) is 28.5. The summed E-state index contributed by atoms with van der Waals surface area (Å²) >= 11 is 5.85. The van der Waals surface area contributed by atoms with Crippen LogP contribution in [0.2, 0.25) is 5.02 Å². The number of carboxylic acid groups (broad SMARTS) is 1. The number of imidazole rings is 1. The Hall–Kier alpha value is -3.53. The second-order valence-electron chi connectivity index (χ2n) is 10.8. The van der Waals surface area contributed by atoms with Crippen molar-refractivity contribution in [2.45, 2.75) is 57.4 Å². The first-order chi connectivity index (χ1) is 19.9. The Labute approximate surface area is 242 Å². The fourth-order valence-corrected chi connectivity index (χ4v) is 5.85. The summed E-state index contributed by atoms with van der Waals surface area (Å²) in [6.45, 7) is 5.41. The first-order valence-electron chi connectivity index (χ1n) is 14.0. The number of hydrogen-bond donors (Lipinski definition) is 1. The molecule has 0 saturated carbocycles. The Bertz CT molecular complexity index is 1570. The number of rotatable bonds is 9. The molecular weight excluding hydrogens is 547 g/mol. The molecule has 0 bridgehead atoms. The van der Waals surface area contributed by atoms with Crippen LogP contribution in [0, 0.1) is 5.82 Å². The molecule has 2 aromatic carbocycles. The third-order valence-corrected chi connectivity index (χ3v) is 8.44. The van der Waals surface area contributed by atoms with Gasteiger partial charge in [0, 0.05) is 34.9 Å². The van der Waals surface area contributed by atoms with Crippen molar-refractivity contribution in [3.8, 4) is 5.88 Å². The normalized spacial score (nSPS) is 18.8. The van der Waals surface area contributed by atoms with Crippen molar-refractivity contribution in [3.05, 3.63) is 88.1 Å². The van der Waals surface area contributed by atoms with E-state index in [1.807, 2.05) is 12.1 Å². The third kappa shape index (κ3) is 5.93. The number of piperidine rings is 1. The van der Waals surface area contributed by atoms with E-state index in [1.165, 1.54) is 6.07 Å². The summed E-state index contributed by atoms with van der Waals surface area (Å²) in [5, 5.41) is 9.89. The quantitative estimate of drug-likeness (QED) is 0.252. The average Bonchev–Trinajstić information content (AvgIpc) is 3.32. The van der Waals surface area contributed by atoms with Gasteiger partial charge in [0.2, 0.25) is 5.88 Å². The van der Waals surface area contributed by atoms with Crippen LogP contribution in [-0.4, -0.2) is 56.3 Å². The number of ether oxygens (including phenoxy) is 2. The zero-order valence-corrected chi connectivity index (χ0v) is 23.6. The van der Waals surface area contributed by atoms with Crippen LogP contribution < -0.4 is 4.74 Å². The van der Waals surface area contributed by atoms with E-state index in [4.69, 9.17) is 31.0 Å². The summed E-state index contributed by atoms with van der Waals surface area (Å²) in [7, 11) is 0. The van der Waals surface area contributed by atoms with Crippen molar-refractivity contribution in [1.29, 1.82) is 0 Å². The van der Waals surface area contributed by atoms with E-state index in [1.54, 1.807) is 36.4 Å². The third-order valence-electron chi connectivity index (χ3n) is 8.21. The molecule has 0 radical (unpaired) electrons. The van der Waals surface area contributed by atoms with Crippen LogP contribution in [0.4, 0.5) is 4.39 Å². The van der Waals surface area contributed by atoms with Gasteiger partial charge in [-0.15, -0.1) is 0 Å². The molecule has 1 N–H and O–H groups in total. The Morgan fingerprint density at radius 2 is 1.95 bits per heavy atom. The van der Waals surface area contributed by atoms with Gasteiger partial charge >= 0.3 is 5.97 Å². The van der Waals surface area contributed by atoms with Crippen molar-refractivity contribution in [2.24, 2.45) is 0 Å². The molecular formula is C31H32ClFN4O4. The molecule has 0 spiro atoms. The lowest BCUT2D eigenvalue weighted by atomic mass is 9.92. The molecule has 10 heteroatoms. The highest BCUT2D eigenvalue weighted by Crippen LogP contribution is 2.34. The summed E-state index contributed by atoms with van der Waals surface area (Å²) in [5.74, 6) is 0.344. The first kappa shape index (κ1) is 27.6. The number of fused-ring (bicyclic) bond motifs is 1. The number of likely N-dealkylation sites (tertiary alicyclic amines) is 1. The van der Waals surface area contributed by atoms with E-state index >= 15 is 0 Å². The number of aromatic nitrogens is 3. The number of carboxylic acids is 1. The molecule has 0 amide bonds. The minimum atomic E-state index is -0.948. The second kappa shape index (κ2) is 11.8. The van der Waals surface area contributed by atoms with Crippen molar-refractivity contribution < 1.29 is 23.8 Å². The highest BCUT2D eigenvalue weighted by Gasteiger charge is 2.30. The predicted molar refractivity (Wildman–Crippen MR) is 153 cm³/mol. The highest BCUT2D eigenvalue weighted by molar-refractivity contribution is 6.30. The van der Waals surface area contributed by atoms with Gasteiger partial charge in [-0.25, -0.2) is 19.2 Å². The molecule has 4 heterocycles. The molecule has 41 heavy (non-hydrogen) atoms. The van der Waals surface area contributed by atoms with Gasteiger partial charge < -0.3 is 19.1 Å². The number of nitrogens with zero attached hydrogens (tertiary/aromatic N) is 4. The predicted octanol–water partition coefficient (Wildman–Crippen LogP) is 6.23. The number of carbonyl (C=O) groups is 1. The van der Waals surface area contributed by atoms with Gasteiger partial charge in [0.1, 0.15) is 18.2 Å². The van der Waals surface area contributed by atoms with Crippen LogP contribution in [0.1, 0.15) is 65.6 Å². The van der Waals surface area contributed by atoms with E-state index in [0.717, 1.165) is 61.5 Å². The molecule has 8 nitrogen and oxygen atoms in total. The first-order valence-corrected chi connectivity index (χ1v) is 14.4. The Morgan fingerprint density at radius 3 is 2.66 bits per heavy atom. The van der Waals surface area contributed by atoms with Crippen molar-refractivity contribution in [3.63, 3.8) is 0 Å². The van der Waals surface area contributed by atoms with Crippen molar-refractivity contribution in [2.75, 3.05) is 19.7 Å². The average molecular weight is 579 g/mol. The van der Waals surface area contributed by atoms with Gasteiger partial charge in [0.25, 0.3) is 0 Å². The van der Waals surface area contributed by atoms with E-state index in [-0.39, 0.29) is 30.2 Å². The standard InChI is InChI=1S/C31H32ClFN4O4/c1-19(30-35-27-8-6-21(31(38)39)15-28(27)37(30)17-24-11-14-40-24)36-12-9-20(10-13-36)26-3-2-4-29(34-26)41-18-22-5-7-23(32)16-25(22)33/h2-8,15-16,19-20,24H,9-14,17-18H2,1H3,(H,38,39)/t19-,24?/m1/s1. The molecule has 1 unspecified atom stereocenters. The zero-order valence-electron chi connectivity index (χ0n) is 22.8. The minimum absolute atomic E-state index is 0.0496. The summed E-state index contributed by atoms with van der Waals surface area (Å²) in [5.41, 5.74) is 3.28. The van der Waals surface area contributed by atoms with Gasteiger partial charge in [-0.1, -0.05) is 23.7 Å². The van der Waals surface area contributed by atoms with E-state index in [0.29, 0.717) is 23.0 Å². The fraction of sp³-hybridized carbons (Fsp3) is 0.387. The van der Waals surface area contributed by atoms with Gasteiger partial charge in [-0.3, -0.25) is 4.90 Å². The van der Waals surface area contributed by atoms with Crippen LogP contribution in [-0.2, 0) is 17.9 Å². The Morgan fingerprint density at radius 1 is 1.15 bits per heavy atom. The molecule has 2 saturated heterocycles. The lowest BCUT2D eigenvalue weighted by molar-refractivity contribution is -0.0594. The Kier molecular flexibility index (Phi) is 7.92. The van der Waals surface area contributed by atoms with Gasteiger partial charge in [0.05, 0.1) is 35.3 Å². The SMILES string of the molecule is C[C@H](c1nc2ccc(C(=O)O)cc2n1CC1CCO1)N1CCC(c2cccc(OCc3ccc(Cl)cc3F)n2)CC1. The van der Waals surface area contributed by atoms with E-state index in [2.05, 4.69) is 16.4 Å². The lowest BCUT2D eigenvalue weighted by Gasteiger charge is -2.36. The van der Waals surface area contributed by atoms with Crippen LogP contribution in [0.15, 0.2) is 54.6 Å². The molecule has 6 rings (SSSR count). The van der Waals surface area contributed by atoms with Crippen molar-refractivity contribution in [1.82, 2.24) is 19.4 Å². The largest absolute Gasteiger partial charge is 0.478 e. The van der Waals surface area contributed by atoms with Crippen LogP contribution in [0.5, 0.6) is 5.88 Å². The molecule has 0 aliphatic carbocycles. The molecule has 2 aliphatic heterocycles. The van der Waals surface area contributed by atoms with Crippen LogP contribution in [0.3, 0.4) is 0 Å². The van der Waals surface area contributed by atoms with Gasteiger partial charge in [-0.05, 0) is 75.7 Å². The Balaban J connectivity index is 1.14. The van der Waals surface area contributed by atoms with Crippen LogP contribution >= 0.6 is 11.6 Å². The smallest absolute Gasteiger partial charge is 0.335 e. The monoisotopic (exact) mass is 578 g/mol. The highest BCUT2D eigenvalue weighted by atomic mass is 35.5. The maximum atomic E-state index is 14.1. The molecule has 2 fully saturated rings. The minimum Gasteiger partial charge on any atom is -0.478 e. The van der Waals surface area contributed by atoms with Gasteiger partial charge in [0.15, 0.2) is 0 Å². The molecule has 2 aliphatic rings. The summed E-state index contributed by atoms with van der Waals surface area (Å²) in [6, 6.07) is 15.5. The summed E-state index contributed by atoms with van der Waals surface area (Å²) in [4.78, 5) is 23.7. The van der Waals surface area contributed by atoms with Crippen LogP contribution in [0.25, 0.3) is 11.0 Å². The number of hydrogen-bond acceptors (Lipinski definition) is 6. The van der Waals surface area contributed by atoms with E-state index in [9.17, 15) is 14.3 Å². The number of halogens is 2. The van der Waals surface area contributed by atoms with Crippen molar-refractivity contribution >= 4 is 28.6 Å². The number of aromatic carboxylic acids is 1. The molecule has 2 atom stereocenters. The lowest BCUT2D eigenvalue weighted by Crippen LogP contribution is -2.37. The summed E-state index contributed by atoms with van der Waals surface area (Å²) < 4.78 is 27.8. The maximum Gasteiger partial charge on any atom is 0.335 e. The number of benzene rings is 2. The topological polar surface area (TPSA) is 89.7 Å². The van der Waals surface area contributed by atoms with Gasteiger partial charge in [-0.2, -0.15) is 0 Å². The maximum absolute atomic E-state index is 14.1. The summed E-state index contributed by atoms with van der Waals surface area (Å²) in [6.07, 6.45) is 2.97. The molecule has 214 valence electrons. The molecule has 4 aromatic rings. The second-order valence-corrected chi connectivity index (χ2v) is 11.2. The number of pyridine rings is 1. The fourth-order valence-electron chi connectivity index (χ4n) is 5.69. The van der Waals surface area contributed by atoms with E-state index < -0.39 is 11.8 Å². The molecule has 2 aromatic heterocycles.